The molecule has 0 saturated heterocycles. The van der Waals surface area contributed by atoms with Crippen molar-refractivity contribution in [3.05, 3.63) is 39.8 Å². The monoisotopic (exact) mass is 432 g/mol. The summed E-state index contributed by atoms with van der Waals surface area (Å²) in [5.74, 6) is 0.191. The summed E-state index contributed by atoms with van der Waals surface area (Å²) >= 11 is 1.40. The van der Waals surface area contributed by atoms with E-state index in [4.69, 9.17) is 14.2 Å². The van der Waals surface area contributed by atoms with Crippen molar-refractivity contribution in [1.82, 2.24) is 5.32 Å². The number of methoxy groups -OCH3 is 3. The van der Waals surface area contributed by atoms with Crippen LogP contribution in [0.4, 0.5) is 5.00 Å². The van der Waals surface area contributed by atoms with E-state index in [1.165, 1.54) is 32.7 Å². The minimum atomic E-state index is -0.459. The normalized spacial score (nSPS) is 16.4. The Labute approximate surface area is 180 Å². The number of benzene rings is 1. The molecule has 1 aromatic carbocycles. The van der Waals surface area contributed by atoms with Crippen molar-refractivity contribution in [2.75, 3.05) is 26.6 Å². The number of ether oxygens (including phenoxy) is 3. The zero-order valence-corrected chi connectivity index (χ0v) is 19.2. The van der Waals surface area contributed by atoms with Gasteiger partial charge in [0.15, 0.2) is 0 Å². The third kappa shape index (κ3) is 4.15. The van der Waals surface area contributed by atoms with Gasteiger partial charge in [-0.05, 0) is 51.8 Å². The van der Waals surface area contributed by atoms with E-state index in [2.05, 4.69) is 38.3 Å². The lowest BCUT2D eigenvalue weighted by Gasteiger charge is -2.42. The minimum Gasteiger partial charge on any atom is -0.497 e. The van der Waals surface area contributed by atoms with Crippen LogP contribution in [0.25, 0.3) is 0 Å². The number of anilines is 1. The fourth-order valence-corrected chi connectivity index (χ4v) is 5.31. The molecule has 162 valence electrons. The molecule has 1 amide bonds. The number of hydrogen-bond donors (Lipinski definition) is 2. The number of nitrogens with one attached hydrogen (secondary N) is 2. The largest absolute Gasteiger partial charge is 0.497 e. The lowest BCUT2D eigenvalue weighted by atomic mass is 9.81. The van der Waals surface area contributed by atoms with E-state index >= 15 is 0 Å². The van der Waals surface area contributed by atoms with E-state index in [0.717, 1.165) is 10.4 Å². The maximum absolute atomic E-state index is 13.0. The first kappa shape index (κ1) is 22.1. The molecule has 1 aliphatic heterocycles. The van der Waals surface area contributed by atoms with Gasteiger partial charge in [0.25, 0.3) is 5.91 Å². The molecule has 1 aliphatic rings. The van der Waals surface area contributed by atoms with Crippen LogP contribution >= 0.6 is 11.3 Å². The van der Waals surface area contributed by atoms with Crippen LogP contribution in [-0.4, -0.2) is 38.7 Å². The molecule has 0 bridgehead atoms. The van der Waals surface area contributed by atoms with Gasteiger partial charge >= 0.3 is 5.97 Å². The Morgan fingerprint density at radius 2 is 1.63 bits per heavy atom. The second-order valence-electron chi connectivity index (χ2n) is 8.47. The third-order valence-corrected chi connectivity index (χ3v) is 6.55. The van der Waals surface area contributed by atoms with E-state index in [1.54, 1.807) is 18.2 Å². The SMILES string of the molecule is COC(=O)c1c(NC(=O)c2cc(OC)cc(OC)c2)sc2c1CC(C)(C)NC2(C)C. The zero-order valence-electron chi connectivity index (χ0n) is 18.4. The summed E-state index contributed by atoms with van der Waals surface area (Å²) in [5, 5.41) is 7.00. The molecule has 0 unspecified atom stereocenters. The fourth-order valence-electron chi connectivity index (χ4n) is 4.05. The van der Waals surface area contributed by atoms with Crippen molar-refractivity contribution < 1.29 is 23.8 Å². The summed E-state index contributed by atoms with van der Waals surface area (Å²) in [6.45, 7) is 8.33. The first-order valence-corrected chi connectivity index (χ1v) is 10.4. The summed E-state index contributed by atoms with van der Waals surface area (Å²) in [6.07, 6.45) is 0.648. The molecule has 3 rings (SSSR count). The second-order valence-corrected chi connectivity index (χ2v) is 9.49. The van der Waals surface area contributed by atoms with E-state index in [-0.39, 0.29) is 17.0 Å². The van der Waals surface area contributed by atoms with E-state index in [1.807, 2.05) is 0 Å². The number of rotatable bonds is 5. The van der Waals surface area contributed by atoms with Crippen LogP contribution in [0.5, 0.6) is 11.5 Å². The summed E-state index contributed by atoms with van der Waals surface area (Å²) in [6, 6.07) is 4.94. The van der Waals surface area contributed by atoms with Gasteiger partial charge in [-0.1, -0.05) is 0 Å². The van der Waals surface area contributed by atoms with Crippen molar-refractivity contribution in [3.63, 3.8) is 0 Å². The van der Waals surface area contributed by atoms with Gasteiger partial charge in [-0.25, -0.2) is 4.79 Å². The molecule has 0 fully saturated rings. The van der Waals surface area contributed by atoms with Gasteiger partial charge in [-0.15, -0.1) is 11.3 Å². The molecule has 0 aliphatic carbocycles. The standard InChI is InChI=1S/C22H28N2O5S/c1-21(2)11-15-16(20(26)29-7)19(30-17(15)22(3,4)24-21)23-18(25)12-8-13(27-5)10-14(9-12)28-6/h8-10,24H,11H2,1-7H3,(H,23,25). The van der Waals surface area contributed by atoms with E-state index in [9.17, 15) is 9.59 Å². The fraction of sp³-hybridized carbons (Fsp3) is 0.455. The Balaban J connectivity index is 2.06. The summed E-state index contributed by atoms with van der Waals surface area (Å²) in [4.78, 5) is 26.7. The molecule has 0 atom stereocenters. The van der Waals surface area contributed by atoms with Crippen LogP contribution in [0, 0.1) is 0 Å². The maximum atomic E-state index is 13.0. The van der Waals surface area contributed by atoms with Crippen LogP contribution in [-0.2, 0) is 16.7 Å². The summed E-state index contributed by atoms with van der Waals surface area (Å²) in [7, 11) is 4.40. The predicted octanol–water partition coefficient (Wildman–Crippen LogP) is 3.96. The lowest BCUT2D eigenvalue weighted by Crippen LogP contribution is -2.55. The van der Waals surface area contributed by atoms with Gasteiger partial charge in [0.05, 0.1) is 26.9 Å². The van der Waals surface area contributed by atoms with Gasteiger partial charge in [-0.2, -0.15) is 0 Å². The van der Waals surface area contributed by atoms with Gasteiger partial charge < -0.3 is 24.8 Å². The molecule has 0 spiro atoms. The molecule has 8 heteroatoms. The molecule has 30 heavy (non-hydrogen) atoms. The number of fused-ring (bicyclic) bond motifs is 1. The van der Waals surface area contributed by atoms with Gasteiger partial charge in [-0.3, -0.25) is 4.79 Å². The van der Waals surface area contributed by atoms with E-state index in [0.29, 0.717) is 34.0 Å². The quantitative estimate of drug-likeness (QED) is 0.696. The number of amides is 1. The predicted molar refractivity (Wildman–Crippen MR) is 117 cm³/mol. The van der Waals surface area contributed by atoms with Crippen molar-refractivity contribution in [2.24, 2.45) is 0 Å². The molecule has 0 radical (unpaired) electrons. The molecular weight excluding hydrogens is 404 g/mol. The van der Waals surface area contributed by atoms with Crippen LogP contribution < -0.4 is 20.1 Å². The molecule has 2 aromatic rings. The van der Waals surface area contributed by atoms with Crippen LogP contribution in [0.15, 0.2) is 18.2 Å². The minimum absolute atomic E-state index is 0.207. The number of carbonyl (C=O) groups excluding carboxylic acids is 2. The molecular formula is C22H28N2O5S. The molecule has 7 nitrogen and oxygen atoms in total. The molecule has 0 saturated carbocycles. The van der Waals surface area contributed by atoms with Crippen LogP contribution in [0.1, 0.15) is 58.9 Å². The third-order valence-electron chi connectivity index (χ3n) is 5.07. The Morgan fingerprint density at radius 3 is 2.17 bits per heavy atom. The number of hydrogen-bond acceptors (Lipinski definition) is 7. The highest BCUT2D eigenvalue weighted by Gasteiger charge is 2.42. The zero-order chi connectivity index (χ0) is 22.3. The number of thiophene rings is 1. The van der Waals surface area contributed by atoms with Gasteiger partial charge in [0, 0.05) is 27.6 Å². The Kier molecular flexibility index (Phi) is 5.84. The van der Waals surface area contributed by atoms with Crippen LogP contribution in [0.2, 0.25) is 0 Å². The molecule has 2 heterocycles. The van der Waals surface area contributed by atoms with Crippen molar-refractivity contribution in [2.45, 2.75) is 45.2 Å². The maximum Gasteiger partial charge on any atom is 0.341 e. The van der Waals surface area contributed by atoms with Crippen LogP contribution in [0.3, 0.4) is 0 Å². The lowest BCUT2D eigenvalue weighted by molar-refractivity contribution is 0.0600. The van der Waals surface area contributed by atoms with Crippen molar-refractivity contribution >= 4 is 28.2 Å². The van der Waals surface area contributed by atoms with Gasteiger partial charge in [0.2, 0.25) is 0 Å². The smallest absolute Gasteiger partial charge is 0.341 e. The average Bonchev–Trinajstić information content (AvgIpc) is 3.03. The van der Waals surface area contributed by atoms with Crippen molar-refractivity contribution in [3.8, 4) is 11.5 Å². The topological polar surface area (TPSA) is 85.9 Å². The molecule has 2 N–H and O–H groups in total. The first-order valence-electron chi connectivity index (χ1n) is 9.59. The number of carbonyl (C=O) groups is 2. The average molecular weight is 433 g/mol. The highest BCUT2D eigenvalue weighted by atomic mass is 32.1. The Hall–Kier alpha value is -2.58. The Bertz CT molecular complexity index is 971. The highest BCUT2D eigenvalue weighted by molar-refractivity contribution is 7.17. The second kappa shape index (κ2) is 7.92. The highest BCUT2D eigenvalue weighted by Crippen LogP contribution is 2.45. The summed E-state index contributed by atoms with van der Waals surface area (Å²) in [5.41, 5.74) is 1.14. The van der Waals surface area contributed by atoms with Gasteiger partial charge in [0.1, 0.15) is 16.5 Å². The molecule has 1 aromatic heterocycles. The van der Waals surface area contributed by atoms with Crippen molar-refractivity contribution in [1.29, 1.82) is 0 Å². The number of esters is 1. The summed E-state index contributed by atoms with van der Waals surface area (Å²) < 4.78 is 15.6. The Morgan fingerprint density at radius 1 is 1.03 bits per heavy atom. The van der Waals surface area contributed by atoms with E-state index < -0.39 is 5.97 Å². The first-order chi connectivity index (χ1) is 14.0.